The Labute approximate surface area is 165 Å². The standard InChI is InChI=1S/C22H39N3O2/c1-2-3-4-5-6-7-8-9-10-11-12-13-14-15-21-24-17-19-25(21,18-16-23)20-22(26)27/h9-10,17,19H,2-8,11-16,18,20,23H2,1H3/b10-9+. The Morgan fingerprint density at radius 3 is 2.33 bits per heavy atom. The van der Waals surface area contributed by atoms with Crippen LogP contribution in [0.5, 0.6) is 0 Å². The molecule has 2 N–H and O–H groups in total. The molecular formula is C22H39N3O2. The van der Waals surface area contributed by atoms with Gasteiger partial charge in [-0.2, -0.15) is 0 Å². The van der Waals surface area contributed by atoms with Crippen molar-refractivity contribution in [1.82, 2.24) is 0 Å². The van der Waals surface area contributed by atoms with Crippen molar-refractivity contribution in [3.05, 3.63) is 24.6 Å². The van der Waals surface area contributed by atoms with E-state index in [0.29, 0.717) is 13.1 Å². The van der Waals surface area contributed by atoms with Crippen molar-refractivity contribution < 1.29 is 14.4 Å². The van der Waals surface area contributed by atoms with E-state index in [4.69, 9.17) is 5.73 Å². The maximum Gasteiger partial charge on any atom is 0.207 e. The fourth-order valence-corrected chi connectivity index (χ4v) is 3.62. The third kappa shape index (κ3) is 9.87. The number of hydrogen-bond acceptors (Lipinski definition) is 4. The van der Waals surface area contributed by atoms with Crippen LogP contribution in [0.4, 0.5) is 0 Å². The van der Waals surface area contributed by atoms with Gasteiger partial charge in [0.2, 0.25) is 5.84 Å². The highest BCUT2D eigenvalue weighted by atomic mass is 16.4. The van der Waals surface area contributed by atoms with Crippen molar-refractivity contribution in [3.63, 3.8) is 0 Å². The van der Waals surface area contributed by atoms with Crippen LogP contribution in [0.2, 0.25) is 0 Å². The van der Waals surface area contributed by atoms with Gasteiger partial charge in [0.1, 0.15) is 19.3 Å². The van der Waals surface area contributed by atoms with E-state index in [0.717, 1.165) is 31.5 Å². The van der Waals surface area contributed by atoms with Crippen LogP contribution >= 0.6 is 0 Å². The lowest BCUT2D eigenvalue weighted by Gasteiger charge is -2.32. The zero-order valence-corrected chi connectivity index (χ0v) is 17.2. The summed E-state index contributed by atoms with van der Waals surface area (Å²) in [4.78, 5) is 15.5. The molecule has 27 heavy (non-hydrogen) atoms. The van der Waals surface area contributed by atoms with Crippen LogP contribution < -0.4 is 10.8 Å². The number of amidine groups is 1. The molecule has 5 heteroatoms. The maximum atomic E-state index is 11.1. The molecule has 0 aliphatic carbocycles. The van der Waals surface area contributed by atoms with E-state index in [9.17, 15) is 9.90 Å². The molecule has 0 aromatic carbocycles. The van der Waals surface area contributed by atoms with Crippen LogP contribution in [0.15, 0.2) is 29.5 Å². The number of nitrogens with two attached hydrogens (primary N) is 1. The summed E-state index contributed by atoms with van der Waals surface area (Å²) in [5.74, 6) is -0.151. The Morgan fingerprint density at radius 2 is 1.70 bits per heavy atom. The molecule has 0 saturated heterocycles. The van der Waals surface area contributed by atoms with Crippen LogP contribution in [0.1, 0.15) is 84.0 Å². The molecule has 0 aromatic heterocycles. The average Bonchev–Trinajstić information content (AvgIpc) is 3.00. The van der Waals surface area contributed by atoms with Crippen molar-refractivity contribution in [2.75, 3.05) is 19.6 Å². The number of carboxylic acid groups (broad SMARTS) is 1. The largest absolute Gasteiger partial charge is 0.544 e. The molecule has 0 aromatic rings. The minimum Gasteiger partial charge on any atom is -0.544 e. The molecule has 154 valence electrons. The van der Waals surface area contributed by atoms with Gasteiger partial charge in [-0.1, -0.05) is 57.6 Å². The number of unbranched alkanes of at least 4 members (excludes halogenated alkanes) is 9. The molecular weight excluding hydrogens is 338 g/mol. The second kappa shape index (κ2) is 14.6. The molecule has 5 nitrogen and oxygen atoms in total. The quantitative estimate of drug-likeness (QED) is 0.239. The summed E-state index contributed by atoms with van der Waals surface area (Å²) >= 11 is 0. The number of aliphatic carboxylic acids is 1. The fraction of sp³-hybridized carbons (Fsp3) is 0.727. The second-order valence-electron chi connectivity index (χ2n) is 7.55. The van der Waals surface area contributed by atoms with E-state index in [-0.39, 0.29) is 11.0 Å². The summed E-state index contributed by atoms with van der Waals surface area (Å²) in [6, 6.07) is 0. The summed E-state index contributed by atoms with van der Waals surface area (Å²) in [7, 11) is 0. The Hall–Kier alpha value is -1.46. The molecule has 0 saturated carbocycles. The molecule has 1 heterocycles. The van der Waals surface area contributed by atoms with E-state index < -0.39 is 5.97 Å². The van der Waals surface area contributed by atoms with Crippen molar-refractivity contribution in [2.45, 2.75) is 84.0 Å². The highest BCUT2D eigenvalue weighted by Crippen LogP contribution is 2.20. The topological polar surface area (TPSA) is 78.5 Å². The molecule has 0 radical (unpaired) electrons. The molecule has 1 rings (SSSR count). The number of rotatable bonds is 17. The van der Waals surface area contributed by atoms with Gasteiger partial charge in [0.15, 0.2) is 0 Å². The normalized spacial score (nSPS) is 19.1. The van der Waals surface area contributed by atoms with Crippen molar-refractivity contribution >= 4 is 11.8 Å². The van der Waals surface area contributed by atoms with Crippen LogP contribution in [0.3, 0.4) is 0 Å². The number of quaternary nitrogens is 1. The highest BCUT2D eigenvalue weighted by Gasteiger charge is 2.34. The first-order valence-corrected chi connectivity index (χ1v) is 10.8. The maximum absolute atomic E-state index is 11.1. The van der Waals surface area contributed by atoms with E-state index in [1.54, 1.807) is 6.20 Å². The first-order chi connectivity index (χ1) is 13.1. The molecule has 0 spiro atoms. The zero-order valence-electron chi connectivity index (χ0n) is 17.2. The van der Waals surface area contributed by atoms with Gasteiger partial charge < -0.3 is 15.6 Å². The predicted molar refractivity (Wildman–Crippen MR) is 111 cm³/mol. The SMILES string of the molecule is CCCCCCCC/C=C/CCCCCC1=NC=C[N+]1(CCN)CC(=O)[O-]. The fourth-order valence-electron chi connectivity index (χ4n) is 3.62. The van der Waals surface area contributed by atoms with Crippen molar-refractivity contribution in [3.8, 4) is 0 Å². The van der Waals surface area contributed by atoms with Gasteiger partial charge >= 0.3 is 0 Å². The molecule has 1 unspecified atom stereocenters. The minimum absolute atomic E-state index is 0.0757. The molecule has 1 atom stereocenters. The van der Waals surface area contributed by atoms with E-state index in [1.165, 1.54) is 51.4 Å². The van der Waals surface area contributed by atoms with Gasteiger partial charge in [-0.3, -0.25) is 0 Å². The summed E-state index contributed by atoms with van der Waals surface area (Å²) in [6.07, 6.45) is 22.8. The second-order valence-corrected chi connectivity index (χ2v) is 7.55. The third-order valence-corrected chi connectivity index (χ3v) is 5.19. The van der Waals surface area contributed by atoms with Gasteiger partial charge in [0.25, 0.3) is 0 Å². The number of carboxylic acids is 1. The lowest BCUT2D eigenvalue weighted by Crippen LogP contribution is -2.55. The number of carbonyl (C=O) groups excluding carboxylic acids is 1. The molecule has 0 fully saturated rings. The monoisotopic (exact) mass is 377 g/mol. The van der Waals surface area contributed by atoms with E-state index >= 15 is 0 Å². The average molecular weight is 378 g/mol. The van der Waals surface area contributed by atoms with Gasteiger partial charge in [0, 0.05) is 13.0 Å². The Bertz CT molecular complexity index is 500. The van der Waals surface area contributed by atoms with Crippen LogP contribution in [0, 0.1) is 0 Å². The lowest BCUT2D eigenvalue weighted by molar-refractivity contribution is -0.780. The Balaban J connectivity index is 2.12. The summed E-state index contributed by atoms with van der Waals surface area (Å²) in [5, 5.41) is 11.1. The van der Waals surface area contributed by atoms with E-state index in [2.05, 4.69) is 24.1 Å². The predicted octanol–water partition coefficient (Wildman–Crippen LogP) is 3.65. The number of nitrogens with zero attached hydrogens (tertiary/aromatic N) is 2. The molecule has 1 aliphatic rings. The number of aliphatic imine (C=N–C) groups is 1. The van der Waals surface area contributed by atoms with Gasteiger partial charge in [0.05, 0.1) is 12.2 Å². The smallest absolute Gasteiger partial charge is 0.207 e. The van der Waals surface area contributed by atoms with Crippen molar-refractivity contribution in [1.29, 1.82) is 0 Å². The van der Waals surface area contributed by atoms with Crippen LogP contribution in [-0.4, -0.2) is 35.9 Å². The first-order valence-electron chi connectivity index (χ1n) is 10.8. The summed E-state index contributed by atoms with van der Waals surface area (Å²) < 4.78 is 0.233. The van der Waals surface area contributed by atoms with Gasteiger partial charge in [-0.15, -0.1) is 0 Å². The number of hydrogen-bond donors (Lipinski definition) is 1. The van der Waals surface area contributed by atoms with Crippen LogP contribution in [0.25, 0.3) is 0 Å². The van der Waals surface area contributed by atoms with Crippen LogP contribution in [-0.2, 0) is 4.79 Å². The van der Waals surface area contributed by atoms with Crippen molar-refractivity contribution in [2.24, 2.45) is 10.7 Å². The lowest BCUT2D eigenvalue weighted by atomic mass is 10.1. The Kier molecular flexibility index (Phi) is 12.7. The van der Waals surface area contributed by atoms with E-state index in [1.807, 2.05) is 6.20 Å². The molecule has 0 bridgehead atoms. The van der Waals surface area contributed by atoms with Gasteiger partial charge in [-0.05, 0) is 32.1 Å². The summed E-state index contributed by atoms with van der Waals surface area (Å²) in [6.45, 7) is 3.17. The minimum atomic E-state index is -1.06. The molecule has 1 aliphatic heterocycles. The Morgan fingerprint density at radius 1 is 1.07 bits per heavy atom. The zero-order chi connectivity index (χ0) is 19.8. The number of carbonyl (C=O) groups is 1. The highest BCUT2D eigenvalue weighted by molar-refractivity contribution is 5.80. The number of allylic oxidation sites excluding steroid dienone is 2. The first kappa shape index (κ1) is 23.6. The summed E-state index contributed by atoms with van der Waals surface area (Å²) in [5.41, 5.74) is 5.68. The third-order valence-electron chi connectivity index (χ3n) is 5.19. The van der Waals surface area contributed by atoms with Gasteiger partial charge in [-0.25, -0.2) is 9.48 Å². The molecule has 0 amide bonds.